The van der Waals surface area contributed by atoms with Gasteiger partial charge >= 0.3 is 22.8 Å². The van der Waals surface area contributed by atoms with Crippen LogP contribution in [0.2, 0.25) is 0 Å². The van der Waals surface area contributed by atoms with Gasteiger partial charge in [-0.25, -0.2) is 14.7 Å². The Morgan fingerprint density at radius 3 is 2.29 bits per heavy atom. The lowest BCUT2D eigenvalue weighted by Crippen LogP contribution is -2.26. The first-order chi connectivity index (χ1) is 9.90. The van der Waals surface area contributed by atoms with Crippen LogP contribution < -0.4 is 11.4 Å². The number of aromatic amines is 2. The van der Waals surface area contributed by atoms with Gasteiger partial charge in [0.1, 0.15) is 0 Å². The summed E-state index contributed by atoms with van der Waals surface area (Å²) in [5.41, 5.74) is -3.42. The summed E-state index contributed by atoms with van der Waals surface area (Å²) in [5.74, 6) is 0. The molecule has 0 bridgehead atoms. The van der Waals surface area contributed by atoms with Gasteiger partial charge in [0.25, 0.3) is 0 Å². The van der Waals surface area contributed by atoms with Gasteiger partial charge < -0.3 is 4.98 Å². The van der Waals surface area contributed by atoms with E-state index in [0.29, 0.717) is 4.40 Å². The first-order valence-corrected chi connectivity index (χ1v) is 5.36. The van der Waals surface area contributed by atoms with E-state index < -0.39 is 32.6 Å². The molecule has 0 fully saturated rings. The van der Waals surface area contributed by atoms with E-state index in [2.05, 4.69) is 10.1 Å². The molecule has 21 heavy (non-hydrogen) atoms. The maximum atomic E-state index is 11.7. The van der Waals surface area contributed by atoms with Crippen molar-refractivity contribution in [1.82, 2.24) is 19.6 Å². The first-order valence-electron chi connectivity index (χ1n) is 5.36. The topological polar surface area (TPSA) is 169 Å². The predicted octanol–water partition coefficient (Wildman–Crippen LogP) is -0.320. The molecular weight excluding hydrogens is 288 g/mol. The highest BCUT2D eigenvalue weighted by Crippen LogP contribution is 2.31. The van der Waals surface area contributed by atoms with Gasteiger partial charge in [0.2, 0.25) is 0 Å². The average molecular weight is 292 g/mol. The highest BCUT2D eigenvalue weighted by atomic mass is 16.6. The molecular formula is C9H4N6O6. The third-order valence-electron chi connectivity index (χ3n) is 2.87. The fourth-order valence-electron chi connectivity index (χ4n) is 1.99. The zero-order valence-electron chi connectivity index (χ0n) is 9.89. The number of benzene rings is 1. The Morgan fingerprint density at radius 2 is 1.67 bits per heavy atom. The van der Waals surface area contributed by atoms with Crippen molar-refractivity contribution in [2.24, 2.45) is 0 Å². The molecule has 12 heteroatoms. The van der Waals surface area contributed by atoms with Crippen LogP contribution in [0.3, 0.4) is 0 Å². The molecule has 2 N–H and O–H groups in total. The van der Waals surface area contributed by atoms with Gasteiger partial charge in [0, 0.05) is 12.1 Å². The van der Waals surface area contributed by atoms with Crippen LogP contribution in [0.5, 0.6) is 0 Å². The van der Waals surface area contributed by atoms with Crippen molar-refractivity contribution >= 4 is 27.9 Å². The Morgan fingerprint density at radius 1 is 1.05 bits per heavy atom. The standard InChI is InChI=1S/C9H4N6O6/c16-8-10-4-2-6(15(20)21)5(14(18)19)1-3(4)7-11-12-9(17)13(7)8/h1-2H,(H,10,16)(H,12,17). The molecule has 0 radical (unpaired) electrons. The Kier molecular flexibility index (Phi) is 2.35. The minimum absolute atomic E-state index is 0.0326. The minimum Gasteiger partial charge on any atom is -0.306 e. The summed E-state index contributed by atoms with van der Waals surface area (Å²) < 4.78 is 0.637. The lowest BCUT2D eigenvalue weighted by molar-refractivity contribution is -0.422. The molecule has 0 aliphatic rings. The summed E-state index contributed by atoms with van der Waals surface area (Å²) in [5, 5.41) is 27.4. The molecule has 0 aliphatic carbocycles. The number of fused-ring (bicyclic) bond motifs is 3. The van der Waals surface area contributed by atoms with Gasteiger partial charge in [0.15, 0.2) is 5.65 Å². The number of nitrogens with one attached hydrogen (secondary N) is 2. The maximum absolute atomic E-state index is 11.7. The maximum Gasteiger partial charge on any atom is 0.351 e. The SMILES string of the molecule is O=c1[nH]nc2c3cc([N+](=O)[O-])c([N+](=O)[O-])cc3[nH]c(=O)n12. The van der Waals surface area contributed by atoms with Crippen LogP contribution in [0.25, 0.3) is 16.6 Å². The Bertz CT molecular complexity index is 1040. The van der Waals surface area contributed by atoms with E-state index in [1.165, 1.54) is 0 Å². The lowest BCUT2D eigenvalue weighted by Gasteiger charge is -2.00. The molecule has 0 saturated carbocycles. The smallest absolute Gasteiger partial charge is 0.306 e. The second-order valence-electron chi connectivity index (χ2n) is 4.02. The number of aromatic nitrogens is 4. The molecule has 0 unspecified atom stereocenters. The van der Waals surface area contributed by atoms with E-state index in [0.717, 1.165) is 12.1 Å². The van der Waals surface area contributed by atoms with Crippen LogP contribution in [0.4, 0.5) is 11.4 Å². The van der Waals surface area contributed by atoms with Crippen molar-refractivity contribution in [2.45, 2.75) is 0 Å². The van der Waals surface area contributed by atoms with Gasteiger partial charge in [0.05, 0.1) is 20.7 Å². The number of hydrogen-bond donors (Lipinski definition) is 2. The van der Waals surface area contributed by atoms with Crippen LogP contribution in [0, 0.1) is 20.2 Å². The van der Waals surface area contributed by atoms with Crippen molar-refractivity contribution in [2.75, 3.05) is 0 Å². The Hall–Kier alpha value is -3.57. The summed E-state index contributed by atoms with van der Waals surface area (Å²) in [6, 6.07) is 1.74. The summed E-state index contributed by atoms with van der Waals surface area (Å²) in [6.07, 6.45) is 0. The number of nitro groups is 2. The molecule has 0 spiro atoms. The quantitative estimate of drug-likeness (QED) is 0.481. The normalized spacial score (nSPS) is 11.0. The average Bonchev–Trinajstić information content (AvgIpc) is 2.80. The van der Waals surface area contributed by atoms with E-state index in [4.69, 9.17) is 0 Å². The molecule has 2 aromatic heterocycles. The highest BCUT2D eigenvalue weighted by Gasteiger charge is 2.26. The van der Waals surface area contributed by atoms with Gasteiger partial charge in [-0.05, 0) is 0 Å². The molecule has 0 aliphatic heterocycles. The minimum atomic E-state index is -0.934. The summed E-state index contributed by atoms with van der Waals surface area (Å²) >= 11 is 0. The molecule has 12 nitrogen and oxygen atoms in total. The largest absolute Gasteiger partial charge is 0.351 e. The molecule has 0 saturated heterocycles. The van der Waals surface area contributed by atoms with Crippen LogP contribution in [0.1, 0.15) is 0 Å². The van der Waals surface area contributed by atoms with Crippen LogP contribution in [-0.2, 0) is 0 Å². The molecule has 1 aromatic carbocycles. The molecule has 2 heterocycles. The third kappa shape index (κ3) is 1.66. The monoisotopic (exact) mass is 292 g/mol. The highest BCUT2D eigenvalue weighted by molar-refractivity contribution is 5.94. The fraction of sp³-hybridized carbons (Fsp3) is 0. The third-order valence-corrected chi connectivity index (χ3v) is 2.87. The van der Waals surface area contributed by atoms with Crippen molar-refractivity contribution in [3.05, 3.63) is 53.3 Å². The number of H-pyrrole nitrogens is 2. The van der Waals surface area contributed by atoms with Gasteiger partial charge in [-0.15, -0.1) is 0 Å². The molecule has 3 aromatic rings. The van der Waals surface area contributed by atoms with E-state index in [1.54, 1.807) is 0 Å². The van der Waals surface area contributed by atoms with Crippen molar-refractivity contribution in [3.8, 4) is 0 Å². The fourth-order valence-corrected chi connectivity index (χ4v) is 1.99. The predicted molar refractivity (Wildman–Crippen MR) is 67.2 cm³/mol. The van der Waals surface area contributed by atoms with Gasteiger partial charge in [-0.2, -0.15) is 9.50 Å². The zero-order valence-corrected chi connectivity index (χ0v) is 9.89. The molecule has 3 rings (SSSR count). The lowest BCUT2D eigenvalue weighted by atomic mass is 10.2. The van der Waals surface area contributed by atoms with Crippen molar-refractivity contribution in [3.63, 3.8) is 0 Å². The van der Waals surface area contributed by atoms with E-state index in [9.17, 15) is 29.8 Å². The van der Waals surface area contributed by atoms with Gasteiger partial charge in [-0.3, -0.25) is 20.2 Å². The number of nitrogens with zero attached hydrogens (tertiary/aromatic N) is 4. The summed E-state index contributed by atoms with van der Waals surface area (Å²) in [7, 11) is 0. The second-order valence-corrected chi connectivity index (χ2v) is 4.02. The van der Waals surface area contributed by atoms with Crippen LogP contribution in [-0.4, -0.2) is 29.4 Å². The number of nitro benzene ring substituents is 2. The van der Waals surface area contributed by atoms with Gasteiger partial charge in [-0.1, -0.05) is 0 Å². The summed E-state index contributed by atoms with van der Waals surface area (Å²) in [4.78, 5) is 45.3. The van der Waals surface area contributed by atoms with Crippen molar-refractivity contribution in [1.29, 1.82) is 0 Å². The Labute approximate surface area is 111 Å². The van der Waals surface area contributed by atoms with Crippen LogP contribution in [0.15, 0.2) is 21.7 Å². The van der Waals surface area contributed by atoms with E-state index in [-0.39, 0.29) is 16.6 Å². The number of rotatable bonds is 2. The van der Waals surface area contributed by atoms with Crippen molar-refractivity contribution < 1.29 is 9.85 Å². The number of hydrogen-bond acceptors (Lipinski definition) is 7. The zero-order chi connectivity index (χ0) is 15.3. The van der Waals surface area contributed by atoms with E-state index >= 15 is 0 Å². The molecule has 0 amide bonds. The van der Waals surface area contributed by atoms with Crippen LogP contribution >= 0.6 is 0 Å². The second kappa shape index (κ2) is 3.96. The Balaban J connectivity index is 2.58. The first kappa shape index (κ1) is 12.5. The van der Waals surface area contributed by atoms with E-state index in [1.807, 2.05) is 5.10 Å². The molecule has 106 valence electrons. The summed E-state index contributed by atoms with van der Waals surface area (Å²) in [6.45, 7) is 0. The molecule has 0 atom stereocenters.